The van der Waals surface area contributed by atoms with E-state index in [1.807, 2.05) is 146 Å². The van der Waals surface area contributed by atoms with Crippen molar-refractivity contribution < 1.29 is 34.3 Å². The number of rotatable bonds is 28. The molecule has 13 aromatic rings. The first-order valence-electron chi connectivity index (χ1n) is 40.1. The number of aryl methyl sites for hydroxylation is 6. The van der Waals surface area contributed by atoms with Crippen molar-refractivity contribution in [3.63, 3.8) is 0 Å². The van der Waals surface area contributed by atoms with Crippen LogP contribution in [0.1, 0.15) is 107 Å². The summed E-state index contributed by atoms with van der Waals surface area (Å²) < 4.78 is 27.9. The largest absolute Gasteiger partial charge is 0.507 e. The predicted octanol–water partition coefficient (Wildman–Crippen LogP) is 16.0. The van der Waals surface area contributed by atoms with Crippen LogP contribution < -0.4 is 55.3 Å². The van der Waals surface area contributed by atoms with Crippen LogP contribution in [0.15, 0.2) is 177 Å². The molecule has 0 radical (unpaired) electrons. The highest BCUT2D eigenvalue weighted by Crippen LogP contribution is 2.37. The zero-order chi connectivity index (χ0) is 86.7. The molecular weight excluding hydrogens is 1520 g/mol. The number of nitrogens with two attached hydrogens (primary N) is 5. The van der Waals surface area contributed by atoms with Gasteiger partial charge in [-0.15, -0.1) is 0 Å². The maximum atomic E-state index is 14.1. The zero-order valence-corrected chi connectivity index (χ0v) is 70.1. The highest BCUT2D eigenvalue weighted by Gasteiger charge is 2.22. The number of nitrogens with zero attached hydrogens (tertiary/aromatic N) is 11. The van der Waals surface area contributed by atoms with Crippen LogP contribution in [-0.2, 0) is 0 Å². The molecule has 21 N–H and O–H groups in total. The van der Waals surface area contributed by atoms with Gasteiger partial charge in [0.25, 0.3) is 0 Å². The predicted molar refractivity (Wildman–Crippen MR) is 477 cm³/mol. The van der Waals surface area contributed by atoms with Gasteiger partial charge in [-0.2, -0.15) is 5.10 Å². The fraction of sp³-hybridized carbons (Fsp3) is 0.308. The molecule has 27 nitrogen and oxygen atoms in total. The molecule has 0 spiro atoms. The molecule has 630 valence electrons. The van der Waals surface area contributed by atoms with Crippen LogP contribution >= 0.6 is 0 Å². The molecule has 0 amide bonds. The maximum Gasteiger partial charge on any atom is 0.186 e. The van der Waals surface area contributed by atoms with Crippen molar-refractivity contribution in [1.82, 2.24) is 60.0 Å². The van der Waals surface area contributed by atoms with Gasteiger partial charge in [-0.05, 0) is 158 Å². The lowest BCUT2D eigenvalue weighted by Gasteiger charge is -2.17. The summed E-state index contributed by atoms with van der Waals surface area (Å²) in [5.41, 5.74) is 42.4. The Morgan fingerprint density at radius 2 is 0.708 bits per heavy atom. The third-order valence-electron chi connectivity index (χ3n) is 19.3. The molecule has 0 unspecified atom stereocenters. The van der Waals surface area contributed by atoms with E-state index < -0.39 is 11.6 Å². The van der Waals surface area contributed by atoms with E-state index in [-0.39, 0.29) is 87.9 Å². The third-order valence-corrected chi connectivity index (χ3v) is 19.3. The highest BCUT2D eigenvalue weighted by molar-refractivity contribution is 5.91. The van der Waals surface area contributed by atoms with Gasteiger partial charge < -0.3 is 80.8 Å². The van der Waals surface area contributed by atoms with Gasteiger partial charge in [-0.25, -0.2) is 58.6 Å². The molecule has 6 heterocycles. The number of nitrogens with one attached hydrogen (secondary N) is 6. The average Bonchev–Trinajstić information content (AvgIpc) is 1.00. The lowest BCUT2D eigenvalue weighted by Crippen LogP contribution is -2.30. The van der Waals surface area contributed by atoms with E-state index in [4.69, 9.17) is 28.7 Å². The van der Waals surface area contributed by atoms with Crippen LogP contribution in [0.5, 0.6) is 28.7 Å². The topological polar surface area (TPSA) is 449 Å². The Labute approximate surface area is 699 Å². The number of aromatic amines is 1. The molecule has 120 heavy (non-hydrogen) atoms. The van der Waals surface area contributed by atoms with Crippen molar-refractivity contribution in [2.75, 3.05) is 59.3 Å². The summed E-state index contributed by atoms with van der Waals surface area (Å²) >= 11 is 0. The average molecular weight is 1630 g/mol. The summed E-state index contributed by atoms with van der Waals surface area (Å²) in [4.78, 5) is 44.0. The van der Waals surface area contributed by atoms with Crippen molar-refractivity contribution in [1.29, 1.82) is 0 Å². The minimum atomic E-state index is -0.547. The summed E-state index contributed by atoms with van der Waals surface area (Å²) in [5, 5.41) is 74.0. The lowest BCUT2D eigenvalue weighted by atomic mass is 10.0. The third kappa shape index (κ3) is 25.8. The van der Waals surface area contributed by atoms with Gasteiger partial charge in [-0.3, -0.25) is 5.10 Å². The van der Waals surface area contributed by atoms with Crippen molar-refractivity contribution in [3.05, 3.63) is 222 Å². The number of halogens is 2. The number of anilines is 5. The Morgan fingerprint density at radius 1 is 0.358 bits per heavy atom. The van der Waals surface area contributed by atoms with Gasteiger partial charge in [0.05, 0.1) is 51.4 Å². The van der Waals surface area contributed by atoms with Crippen molar-refractivity contribution in [3.8, 4) is 108 Å². The summed E-state index contributed by atoms with van der Waals surface area (Å²) in [5.74, 6) is 4.43. The molecule has 13 rings (SSSR count). The van der Waals surface area contributed by atoms with Gasteiger partial charge in [0.1, 0.15) is 46.2 Å². The zero-order valence-electron chi connectivity index (χ0n) is 70.1. The van der Waals surface area contributed by atoms with Gasteiger partial charge >= 0.3 is 0 Å². The Morgan fingerprint density at radius 3 is 1.13 bits per heavy atom. The molecule has 6 aromatic heterocycles. The first-order valence-corrected chi connectivity index (χ1v) is 40.1. The first-order chi connectivity index (χ1) is 57.5. The molecule has 0 aliphatic rings. The smallest absolute Gasteiger partial charge is 0.186 e. The summed E-state index contributed by atoms with van der Waals surface area (Å²) in [6.45, 7) is 26.3. The van der Waals surface area contributed by atoms with Crippen LogP contribution in [0.25, 0.3) is 90.1 Å². The SMILES string of the molecule is CC[C@@H](N)CNc1nc(-c2cc(C)ccc2O)nc(C)c1F.CC[C@@H](N)CNc1nc(-c2cc(C)ccc2O)ncc1-c1ccccc1.CC[C@@H](N)CNc1nc(-c2cc(C)ccc2O)ncc1-c1cn[nH]c1.CC[C@@H](N)CNc1nc(-c2cc(C)ccc2O)ncc1F.Cc1ccc(O)c(-c2nc(NC[C@H](N)CC(C)C)c3ccccc3n2)c1. The summed E-state index contributed by atoms with van der Waals surface area (Å²) in [6.07, 6.45) is 12.4. The van der Waals surface area contributed by atoms with Crippen LogP contribution in [0.2, 0.25) is 0 Å². The summed E-state index contributed by atoms with van der Waals surface area (Å²) in [6, 6.07) is 44.3. The Kier molecular flexibility index (Phi) is 33.4. The molecular formula is C91H112F2N22O5. The number of phenols is 5. The second-order valence-electron chi connectivity index (χ2n) is 29.9. The van der Waals surface area contributed by atoms with Gasteiger partial charge in [0.2, 0.25) is 0 Å². The molecule has 0 saturated heterocycles. The second-order valence-corrected chi connectivity index (χ2v) is 29.9. The van der Waals surface area contributed by atoms with E-state index in [0.29, 0.717) is 95.6 Å². The Bertz CT molecular complexity index is 5500. The quantitative estimate of drug-likeness (QED) is 0.0216. The van der Waals surface area contributed by atoms with Gasteiger partial charge in [-0.1, -0.05) is 142 Å². The Balaban J connectivity index is 0.000000171. The standard InChI is InChI=1S/C21H26N4O.C21H24N4O.C18H22N6O.C16H21FN4O.C15H19FN4O/c1-13(2)10-15(22)12-23-20-16-6-4-5-7-18(16)24-21(25-20)17-11-14(3)8-9-19(17)26;1-3-16(22)12-23-21-18(15-7-5-4-6-8-15)13-24-20(25-21)17-11-14(2)9-10-19(17)26;1-3-13(19)9-20-18-15(12-7-22-23-8-12)10-21-17(24-18)14-6-11(2)4-5-16(14)25;1-4-11(18)8-19-16-14(17)10(3)20-15(21-16)12-7-9(2)5-6-13(12)22;1-3-10(17)7-18-15-12(16)8-19-14(20-15)11-6-9(2)4-5-13(11)21/h4-9,11,13,15,26H,10,12,22H2,1-3H3,(H,23,24,25);4-11,13,16,26H,3,12,22H2,1-2H3,(H,23,24,25);4-8,10,13,25H,3,9,19H2,1-2H3,(H,22,23)(H,20,21,24);5-7,11,22H,4,8,18H2,1-3H3,(H,19,20,21);4-6,8,10,21H,3,7,17H2,1-2H3,(H,18,19,20)/t15-;16-;13-;11-;10-/m11111/s1. The molecule has 7 aromatic carbocycles. The van der Waals surface area contributed by atoms with Crippen molar-refractivity contribution in [2.45, 2.75) is 145 Å². The number of fused-ring (bicyclic) bond motifs is 1. The van der Waals surface area contributed by atoms with Crippen LogP contribution in [0.4, 0.5) is 37.9 Å². The number of hydrogen-bond donors (Lipinski definition) is 16. The van der Waals surface area contributed by atoms with Crippen LogP contribution in [0, 0.1) is 59.1 Å². The van der Waals surface area contributed by atoms with E-state index in [0.717, 1.165) is 105 Å². The molecule has 0 saturated carbocycles. The highest BCUT2D eigenvalue weighted by atomic mass is 19.1. The molecule has 29 heteroatoms. The van der Waals surface area contributed by atoms with E-state index in [2.05, 4.69) is 107 Å². The van der Waals surface area contributed by atoms with E-state index in [1.54, 1.807) is 86.3 Å². The number of aromatic nitrogens is 12. The molecule has 0 aliphatic carbocycles. The lowest BCUT2D eigenvalue weighted by molar-refractivity contribution is 0.476. The van der Waals surface area contributed by atoms with Gasteiger partial charge in [0.15, 0.2) is 52.4 Å². The fourth-order valence-corrected chi connectivity index (χ4v) is 12.0. The fourth-order valence-electron chi connectivity index (χ4n) is 12.0. The van der Waals surface area contributed by atoms with Crippen LogP contribution in [-0.4, -0.2) is 149 Å². The normalized spacial score (nSPS) is 12.2. The second kappa shape index (κ2) is 44.0. The van der Waals surface area contributed by atoms with Gasteiger partial charge in [0, 0.05) is 104 Å². The monoisotopic (exact) mass is 1630 g/mol. The number of benzene rings is 7. The number of aromatic hydroxyl groups is 5. The molecule has 5 atom stereocenters. The number of H-pyrrole nitrogens is 1. The van der Waals surface area contributed by atoms with Crippen LogP contribution in [0.3, 0.4) is 0 Å². The molecule has 0 fully saturated rings. The van der Waals surface area contributed by atoms with Crippen molar-refractivity contribution >= 4 is 40.0 Å². The molecule has 0 aliphatic heterocycles. The van der Waals surface area contributed by atoms with E-state index in [9.17, 15) is 34.3 Å². The van der Waals surface area contributed by atoms with Crippen molar-refractivity contribution in [2.24, 2.45) is 34.6 Å². The Hall–Kier alpha value is -12.9. The number of phenolic OH excluding ortho intramolecular Hbond substituents is 5. The van der Waals surface area contributed by atoms with E-state index in [1.165, 1.54) is 0 Å². The minimum absolute atomic E-state index is 0.0305. The maximum absolute atomic E-state index is 14.1. The summed E-state index contributed by atoms with van der Waals surface area (Å²) in [7, 11) is 0. The number of para-hydroxylation sites is 1. The minimum Gasteiger partial charge on any atom is -0.507 e. The molecule has 0 bridgehead atoms. The van der Waals surface area contributed by atoms with E-state index >= 15 is 0 Å². The number of hydrogen-bond acceptors (Lipinski definition) is 26. The first kappa shape index (κ1) is 91.0.